The van der Waals surface area contributed by atoms with Gasteiger partial charge in [0.15, 0.2) is 5.78 Å². The lowest BCUT2D eigenvalue weighted by Crippen LogP contribution is -2.71. The molecule has 0 aromatic rings. The van der Waals surface area contributed by atoms with E-state index in [1.807, 2.05) is 19.9 Å². The number of allylic oxidation sites excluding steroid dienone is 2. The number of rotatable bonds is 2. The molecule has 0 saturated heterocycles. The zero-order valence-corrected chi connectivity index (χ0v) is 24.0. The van der Waals surface area contributed by atoms with Crippen molar-refractivity contribution in [2.45, 2.75) is 112 Å². The lowest BCUT2D eigenvalue weighted by molar-refractivity contribution is -0.215. The minimum Gasteiger partial charge on any atom is -0.311 e. The molecular formula is C32H48N2O2. The lowest BCUT2D eigenvalue weighted by Gasteiger charge is -2.72. The number of fused-ring (bicyclic) bond motifs is 7. The second kappa shape index (κ2) is 7.78. The van der Waals surface area contributed by atoms with Crippen molar-refractivity contribution in [1.29, 1.82) is 5.26 Å². The van der Waals surface area contributed by atoms with Crippen molar-refractivity contribution in [2.24, 2.45) is 50.7 Å². The number of hydrogen-bond donors (Lipinski definition) is 1. The Morgan fingerprint density at radius 3 is 2.25 bits per heavy atom. The summed E-state index contributed by atoms with van der Waals surface area (Å²) in [6, 6.07) is 2.24. The van der Waals surface area contributed by atoms with E-state index in [4.69, 9.17) is 0 Å². The van der Waals surface area contributed by atoms with Crippen molar-refractivity contribution in [3.8, 4) is 6.07 Å². The monoisotopic (exact) mass is 492 g/mol. The van der Waals surface area contributed by atoms with Gasteiger partial charge in [0.25, 0.3) is 0 Å². The maximum atomic E-state index is 14.5. The standard InChI is InChI=1S/C32H48N2O2/c1-9-34-32-14-12-27(2,3)18-21(32)25-22(35)16-24-29(6)17-20(19-33)26(36)28(4,5)23(29)10-11-30(24,7)31(25,8)13-15-32/h17,21,23-25,34H,9-16,18H2,1-8H3/t21-,23-,24+,25-,29-,30+,31+,32-/m0/s1. The van der Waals surface area contributed by atoms with E-state index in [2.05, 4.69) is 52.9 Å². The molecule has 0 amide bonds. The normalized spacial score (nSPS) is 49.0. The van der Waals surface area contributed by atoms with Gasteiger partial charge in [0.1, 0.15) is 11.9 Å². The summed E-state index contributed by atoms with van der Waals surface area (Å²) in [4.78, 5) is 27.7. The maximum absolute atomic E-state index is 14.5. The summed E-state index contributed by atoms with van der Waals surface area (Å²) in [6.45, 7) is 19.3. The van der Waals surface area contributed by atoms with Gasteiger partial charge in [0, 0.05) is 23.3 Å². The van der Waals surface area contributed by atoms with Crippen LogP contribution in [0, 0.1) is 62.1 Å². The number of hydrogen-bond acceptors (Lipinski definition) is 4. The fourth-order valence-corrected chi connectivity index (χ4v) is 11.0. The zero-order valence-electron chi connectivity index (χ0n) is 24.0. The Hall–Kier alpha value is -1.47. The van der Waals surface area contributed by atoms with Gasteiger partial charge in [0.05, 0.1) is 5.57 Å². The number of nitrogens with one attached hydrogen (secondary N) is 1. The molecule has 4 heteroatoms. The minimum atomic E-state index is -0.573. The number of ketones is 2. The van der Waals surface area contributed by atoms with Gasteiger partial charge >= 0.3 is 0 Å². The highest BCUT2D eigenvalue weighted by atomic mass is 16.1. The summed E-state index contributed by atoms with van der Waals surface area (Å²) in [5.74, 6) is 1.23. The third-order valence-corrected chi connectivity index (χ3v) is 13.0. The predicted molar refractivity (Wildman–Crippen MR) is 143 cm³/mol. The van der Waals surface area contributed by atoms with Crippen molar-refractivity contribution in [1.82, 2.24) is 5.32 Å². The second-order valence-corrected chi connectivity index (χ2v) is 15.4. The fraction of sp³-hybridized carbons (Fsp3) is 0.844. The zero-order chi connectivity index (χ0) is 26.5. The van der Waals surface area contributed by atoms with Crippen LogP contribution in [0.5, 0.6) is 0 Å². The van der Waals surface area contributed by atoms with Crippen LogP contribution in [-0.4, -0.2) is 23.7 Å². The number of nitrogens with zero attached hydrogens (tertiary/aromatic N) is 1. The molecule has 198 valence electrons. The van der Waals surface area contributed by atoms with E-state index in [1.165, 1.54) is 12.8 Å². The molecule has 4 nitrogen and oxygen atoms in total. The molecule has 0 heterocycles. The number of nitriles is 1. The summed E-state index contributed by atoms with van der Waals surface area (Å²) >= 11 is 0. The quantitative estimate of drug-likeness (QED) is 0.469. The summed E-state index contributed by atoms with van der Waals surface area (Å²) in [5.41, 5.74) is -0.290. The number of carbonyl (C=O) groups is 2. The first kappa shape index (κ1) is 26.1. The molecule has 4 fully saturated rings. The van der Waals surface area contributed by atoms with Gasteiger partial charge in [-0.15, -0.1) is 0 Å². The molecule has 0 unspecified atom stereocenters. The van der Waals surface area contributed by atoms with E-state index in [9.17, 15) is 14.9 Å². The molecule has 0 bridgehead atoms. The van der Waals surface area contributed by atoms with Gasteiger partial charge in [-0.1, -0.05) is 61.5 Å². The molecule has 4 saturated carbocycles. The average Bonchev–Trinajstić information content (AvgIpc) is 2.79. The van der Waals surface area contributed by atoms with Gasteiger partial charge in [0.2, 0.25) is 0 Å². The molecule has 5 aliphatic carbocycles. The third kappa shape index (κ3) is 3.14. The molecule has 0 aliphatic heterocycles. The molecule has 0 radical (unpaired) electrons. The fourth-order valence-electron chi connectivity index (χ4n) is 11.0. The smallest absolute Gasteiger partial charge is 0.178 e. The first-order valence-corrected chi connectivity index (χ1v) is 14.6. The summed E-state index contributed by atoms with van der Waals surface area (Å²) in [6.07, 6.45) is 10.4. The van der Waals surface area contributed by atoms with Crippen LogP contribution in [0.4, 0.5) is 0 Å². The van der Waals surface area contributed by atoms with Gasteiger partial charge < -0.3 is 5.32 Å². The van der Waals surface area contributed by atoms with Crippen LogP contribution < -0.4 is 5.32 Å². The second-order valence-electron chi connectivity index (χ2n) is 15.4. The molecular weight excluding hydrogens is 444 g/mol. The Labute approximate surface area is 219 Å². The third-order valence-electron chi connectivity index (χ3n) is 13.0. The van der Waals surface area contributed by atoms with Crippen LogP contribution in [0.15, 0.2) is 11.6 Å². The highest BCUT2D eigenvalue weighted by molar-refractivity contribution is 6.04. The highest BCUT2D eigenvalue weighted by Gasteiger charge is 2.72. The Kier molecular flexibility index (Phi) is 5.65. The van der Waals surface area contributed by atoms with Crippen LogP contribution >= 0.6 is 0 Å². The Morgan fingerprint density at radius 2 is 1.61 bits per heavy atom. The SMILES string of the molecule is CCN[C@]12CCC(C)(C)C[C@H]1[C@H]1C(=O)C[C@@H]3[C@@]4(C)C=C(C#N)C(=O)C(C)(C)[C@@H]4CC[C@@]3(C)[C@]1(C)CC2. The molecule has 5 aliphatic rings. The van der Waals surface area contributed by atoms with Gasteiger partial charge in [-0.3, -0.25) is 9.59 Å². The molecule has 5 rings (SSSR count). The van der Waals surface area contributed by atoms with Crippen molar-refractivity contribution >= 4 is 11.6 Å². The van der Waals surface area contributed by atoms with E-state index in [1.54, 1.807) is 0 Å². The molecule has 0 spiro atoms. The minimum absolute atomic E-state index is 0.00429. The summed E-state index contributed by atoms with van der Waals surface area (Å²) < 4.78 is 0. The van der Waals surface area contributed by atoms with E-state index in [0.717, 1.165) is 38.6 Å². The Bertz CT molecular complexity index is 1060. The van der Waals surface area contributed by atoms with Crippen molar-refractivity contribution in [3.63, 3.8) is 0 Å². The van der Waals surface area contributed by atoms with E-state index >= 15 is 0 Å². The van der Waals surface area contributed by atoms with Gasteiger partial charge in [-0.25, -0.2) is 0 Å². The summed E-state index contributed by atoms with van der Waals surface area (Å²) in [5, 5.41) is 13.8. The number of Topliss-reactive ketones (excluding diaryl/α,β-unsaturated/α-hetero) is 2. The first-order chi connectivity index (χ1) is 16.6. The van der Waals surface area contributed by atoms with Crippen LogP contribution in [0.1, 0.15) is 107 Å². The molecule has 0 aromatic heterocycles. The van der Waals surface area contributed by atoms with Crippen LogP contribution in [0.2, 0.25) is 0 Å². The van der Waals surface area contributed by atoms with Gasteiger partial charge in [-0.05, 0) is 90.9 Å². The van der Waals surface area contributed by atoms with E-state index in [0.29, 0.717) is 23.7 Å². The lowest BCUT2D eigenvalue weighted by atomic mass is 9.32. The van der Waals surface area contributed by atoms with Crippen molar-refractivity contribution in [2.75, 3.05) is 6.54 Å². The molecule has 0 aromatic carbocycles. The highest BCUT2D eigenvalue weighted by Crippen LogP contribution is 2.74. The molecule has 1 N–H and O–H groups in total. The van der Waals surface area contributed by atoms with Crippen LogP contribution in [0.3, 0.4) is 0 Å². The number of carbonyl (C=O) groups excluding carboxylic acids is 2. The average molecular weight is 493 g/mol. The summed E-state index contributed by atoms with van der Waals surface area (Å²) in [7, 11) is 0. The van der Waals surface area contributed by atoms with E-state index < -0.39 is 5.41 Å². The van der Waals surface area contributed by atoms with E-state index in [-0.39, 0.29) is 50.7 Å². The largest absolute Gasteiger partial charge is 0.311 e. The van der Waals surface area contributed by atoms with Crippen molar-refractivity contribution in [3.05, 3.63) is 11.6 Å². The van der Waals surface area contributed by atoms with Crippen LogP contribution in [0.25, 0.3) is 0 Å². The first-order valence-electron chi connectivity index (χ1n) is 14.6. The van der Waals surface area contributed by atoms with Crippen molar-refractivity contribution < 1.29 is 9.59 Å². The topological polar surface area (TPSA) is 70.0 Å². The predicted octanol–water partition coefficient (Wildman–Crippen LogP) is 6.65. The maximum Gasteiger partial charge on any atom is 0.178 e. The van der Waals surface area contributed by atoms with Gasteiger partial charge in [-0.2, -0.15) is 5.26 Å². The molecule has 8 atom stereocenters. The Balaban J connectivity index is 1.63. The van der Waals surface area contributed by atoms with Crippen LogP contribution in [-0.2, 0) is 9.59 Å². The molecule has 36 heavy (non-hydrogen) atoms. The Morgan fingerprint density at radius 1 is 0.944 bits per heavy atom.